The highest BCUT2D eigenvalue weighted by molar-refractivity contribution is 6.31. The number of ether oxygens (including phenoxy) is 3. The fourth-order valence-corrected chi connectivity index (χ4v) is 3.12. The van der Waals surface area contributed by atoms with E-state index in [1.165, 1.54) is 7.11 Å². The van der Waals surface area contributed by atoms with Crippen LogP contribution >= 0.6 is 11.6 Å². The second kappa shape index (κ2) is 12.0. The van der Waals surface area contributed by atoms with Crippen molar-refractivity contribution in [2.24, 2.45) is 0 Å². The average molecular weight is 450 g/mol. The molecule has 0 heterocycles. The lowest BCUT2D eigenvalue weighted by molar-refractivity contribution is -0.122. The lowest BCUT2D eigenvalue weighted by Crippen LogP contribution is -2.39. The molecule has 0 aromatic heterocycles. The summed E-state index contributed by atoms with van der Waals surface area (Å²) in [6.07, 6.45) is 0.644. The first-order chi connectivity index (χ1) is 14.9. The molecule has 2 aromatic rings. The topological polar surface area (TPSA) is 89.1 Å². The van der Waals surface area contributed by atoms with E-state index in [9.17, 15) is 9.59 Å². The van der Waals surface area contributed by atoms with Gasteiger partial charge in [0, 0.05) is 11.6 Å². The first kappa shape index (κ1) is 24.3. The van der Waals surface area contributed by atoms with Crippen molar-refractivity contribution in [3.05, 3.63) is 47.0 Å². The molecule has 9 heteroatoms. The number of carbonyl (C=O) groups is 2. The van der Waals surface area contributed by atoms with E-state index in [4.69, 9.17) is 25.8 Å². The van der Waals surface area contributed by atoms with E-state index in [0.29, 0.717) is 40.9 Å². The highest BCUT2D eigenvalue weighted by Crippen LogP contribution is 2.28. The van der Waals surface area contributed by atoms with Gasteiger partial charge in [-0.15, -0.1) is 0 Å². The summed E-state index contributed by atoms with van der Waals surface area (Å²) >= 11 is 5.97. The molecule has 2 amide bonds. The summed E-state index contributed by atoms with van der Waals surface area (Å²) in [6, 6.07) is 10.6. The highest BCUT2D eigenvalue weighted by Gasteiger charge is 2.13. The summed E-state index contributed by atoms with van der Waals surface area (Å²) in [7, 11) is 6.37. The van der Waals surface area contributed by atoms with Gasteiger partial charge < -0.3 is 24.8 Å². The molecule has 0 radical (unpaired) electrons. The van der Waals surface area contributed by atoms with E-state index in [-0.39, 0.29) is 24.9 Å². The molecule has 2 rings (SSSR count). The Hall–Kier alpha value is -2.97. The van der Waals surface area contributed by atoms with Crippen LogP contribution in [0.4, 0.5) is 5.69 Å². The molecular formula is C22H28ClN3O5. The van der Waals surface area contributed by atoms with Crippen molar-refractivity contribution in [1.82, 2.24) is 10.2 Å². The molecule has 0 fully saturated rings. The van der Waals surface area contributed by atoms with Gasteiger partial charge in [-0.25, -0.2) is 0 Å². The molecule has 0 spiro atoms. The van der Waals surface area contributed by atoms with Crippen LogP contribution in [0.3, 0.4) is 0 Å². The Morgan fingerprint density at radius 2 is 1.55 bits per heavy atom. The van der Waals surface area contributed by atoms with Gasteiger partial charge in [0.1, 0.15) is 5.75 Å². The zero-order valence-corrected chi connectivity index (χ0v) is 18.9. The van der Waals surface area contributed by atoms with E-state index >= 15 is 0 Å². The molecule has 168 valence electrons. The number of likely N-dealkylation sites (N-methyl/N-ethyl adjacent to an activating group) is 1. The predicted molar refractivity (Wildman–Crippen MR) is 120 cm³/mol. The van der Waals surface area contributed by atoms with Crippen LogP contribution in [0.1, 0.15) is 5.56 Å². The summed E-state index contributed by atoms with van der Waals surface area (Å²) in [6.45, 7) is 0.596. The summed E-state index contributed by atoms with van der Waals surface area (Å²) < 4.78 is 15.7. The van der Waals surface area contributed by atoms with Crippen molar-refractivity contribution in [1.29, 1.82) is 0 Å². The molecule has 0 saturated heterocycles. The number of benzene rings is 2. The minimum absolute atomic E-state index is 0.0404. The molecule has 0 saturated carbocycles. The quantitative estimate of drug-likeness (QED) is 0.548. The Labute approximate surface area is 187 Å². The van der Waals surface area contributed by atoms with Gasteiger partial charge in [-0.1, -0.05) is 17.7 Å². The molecule has 2 N–H and O–H groups in total. The van der Waals surface area contributed by atoms with Crippen molar-refractivity contribution >= 4 is 29.1 Å². The van der Waals surface area contributed by atoms with E-state index in [1.54, 1.807) is 44.4 Å². The van der Waals surface area contributed by atoms with Gasteiger partial charge in [-0.05, 0) is 49.4 Å². The normalized spacial score (nSPS) is 10.5. The molecule has 0 aliphatic carbocycles. The molecular weight excluding hydrogens is 422 g/mol. The summed E-state index contributed by atoms with van der Waals surface area (Å²) in [5, 5.41) is 6.09. The Balaban J connectivity index is 1.77. The van der Waals surface area contributed by atoms with E-state index in [1.807, 2.05) is 18.2 Å². The first-order valence-electron chi connectivity index (χ1n) is 9.65. The molecule has 0 unspecified atom stereocenters. The fraction of sp³-hybridized carbons (Fsp3) is 0.364. The maximum atomic E-state index is 12.3. The molecule has 0 atom stereocenters. The Bertz CT molecular complexity index is 907. The van der Waals surface area contributed by atoms with Crippen molar-refractivity contribution in [2.75, 3.05) is 53.3 Å². The SMILES string of the molecule is COc1ccc(Cl)cc1NC(=O)CN(C)CC(=O)NCCc1ccc(OC)c(OC)c1. The second-order valence-electron chi connectivity index (χ2n) is 6.85. The van der Waals surface area contributed by atoms with Gasteiger partial charge in [0.15, 0.2) is 11.5 Å². The Morgan fingerprint density at radius 3 is 2.23 bits per heavy atom. The summed E-state index contributed by atoms with van der Waals surface area (Å²) in [5.74, 6) is 1.37. The molecule has 31 heavy (non-hydrogen) atoms. The summed E-state index contributed by atoms with van der Waals surface area (Å²) in [5.41, 5.74) is 1.49. The smallest absolute Gasteiger partial charge is 0.238 e. The highest BCUT2D eigenvalue weighted by atomic mass is 35.5. The van der Waals surface area contributed by atoms with Crippen molar-refractivity contribution < 1.29 is 23.8 Å². The van der Waals surface area contributed by atoms with Crippen LogP contribution in [0.25, 0.3) is 0 Å². The average Bonchev–Trinajstić information content (AvgIpc) is 2.73. The number of hydrogen-bond donors (Lipinski definition) is 2. The van der Waals surface area contributed by atoms with Gasteiger partial charge in [0.2, 0.25) is 11.8 Å². The lowest BCUT2D eigenvalue weighted by Gasteiger charge is -2.17. The van der Waals surface area contributed by atoms with Gasteiger partial charge in [-0.3, -0.25) is 14.5 Å². The largest absolute Gasteiger partial charge is 0.495 e. The third kappa shape index (κ3) is 7.66. The van der Waals surface area contributed by atoms with Crippen LogP contribution in [-0.2, 0) is 16.0 Å². The van der Waals surface area contributed by atoms with Crippen LogP contribution in [-0.4, -0.2) is 64.7 Å². The zero-order valence-electron chi connectivity index (χ0n) is 18.2. The molecule has 0 bridgehead atoms. The monoisotopic (exact) mass is 449 g/mol. The van der Waals surface area contributed by atoms with Gasteiger partial charge in [0.05, 0.1) is 40.1 Å². The standard InChI is InChI=1S/C22H28ClN3O5/c1-26(14-22(28)25-17-12-16(23)6-8-18(17)29-2)13-21(27)24-10-9-15-5-7-19(30-3)20(11-15)31-4/h5-8,11-12H,9-10,13-14H2,1-4H3,(H,24,27)(H,25,28). The van der Waals surface area contributed by atoms with Gasteiger partial charge in [0.25, 0.3) is 0 Å². The van der Waals surface area contributed by atoms with Crippen LogP contribution in [0.15, 0.2) is 36.4 Å². The molecule has 0 aliphatic heterocycles. The predicted octanol–water partition coefficient (Wildman–Crippen LogP) is 2.60. The number of nitrogens with zero attached hydrogens (tertiary/aromatic N) is 1. The van der Waals surface area contributed by atoms with E-state index in [2.05, 4.69) is 10.6 Å². The number of carbonyl (C=O) groups excluding carboxylic acids is 2. The molecule has 8 nitrogen and oxygen atoms in total. The zero-order chi connectivity index (χ0) is 22.8. The molecule has 2 aromatic carbocycles. The van der Waals surface area contributed by atoms with Crippen LogP contribution < -0.4 is 24.8 Å². The van der Waals surface area contributed by atoms with Crippen LogP contribution in [0.2, 0.25) is 5.02 Å². The fourth-order valence-electron chi connectivity index (χ4n) is 2.95. The third-order valence-electron chi connectivity index (χ3n) is 4.45. The number of halogens is 1. The van der Waals surface area contributed by atoms with Gasteiger partial charge >= 0.3 is 0 Å². The maximum absolute atomic E-state index is 12.3. The number of amides is 2. The van der Waals surface area contributed by atoms with Crippen LogP contribution in [0, 0.1) is 0 Å². The molecule has 0 aliphatic rings. The first-order valence-corrected chi connectivity index (χ1v) is 10.0. The van der Waals surface area contributed by atoms with E-state index < -0.39 is 0 Å². The Morgan fingerprint density at radius 1 is 0.903 bits per heavy atom. The number of anilines is 1. The summed E-state index contributed by atoms with van der Waals surface area (Å²) in [4.78, 5) is 26.1. The number of methoxy groups -OCH3 is 3. The number of nitrogens with one attached hydrogen (secondary N) is 2. The number of hydrogen-bond acceptors (Lipinski definition) is 6. The van der Waals surface area contributed by atoms with Crippen molar-refractivity contribution in [3.63, 3.8) is 0 Å². The van der Waals surface area contributed by atoms with Gasteiger partial charge in [-0.2, -0.15) is 0 Å². The minimum Gasteiger partial charge on any atom is -0.495 e. The van der Waals surface area contributed by atoms with Crippen molar-refractivity contribution in [3.8, 4) is 17.2 Å². The second-order valence-corrected chi connectivity index (χ2v) is 7.29. The maximum Gasteiger partial charge on any atom is 0.238 e. The third-order valence-corrected chi connectivity index (χ3v) is 4.68. The minimum atomic E-state index is -0.277. The van der Waals surface area contributed by atoms with Crippen LogP contribution in [0.5, 0.6) is 17.2 Å². The lowest BCUT2D eigenvalue weighted by atomic mass is 10.1. The Kier molecular flexibility index (Phi) is 9.42. The van der Waals surface area contributed by atoms with E-state index in [0.717, 1.165) is 5.56 Å². The number of rotatable bonds is 11. The van der Waals surface area contributed by atoms with Crippen molar-refractivity contribution in [2.45, 2.75) is 6.42 Å².